The molecule has 1 fully saturated rings. The van der Waals surface area contributed by atoms with Gasteiger partial charge in [-0.3, -0.25) is 14.4 Å². The number of nitrogens with one attached hydrogen (secondary N) is 2. The lowest BCUT2D eigenvalue weighted by Gasteiger charge is -2.25. The highest BCUT2D eigenvalue weighted by atomic mass is 32.2. The number of hydrogen-bond donors (Lipinski definition) is 2. The number of furan rings is 1. The number of rotatable bonds is 8. The Morgan fingerprint density at radius 1 is 1.13 bits per heavy atom. The summed E-state index contributed by atoms with van der Waals surface area (Å²) in [6.07, 6.45) is 2.36. The number of aromatic nitrogens is 1. The zero-order valence-corrected chi connectivity index (χ0v) is 22.4. The van der Waals surface area contributed by atoms with Crippen LogP contribution in [0.15, 0.2) is 64.2 Å². The van der Waals surface area contributed by atoms with Crippen molar-refractivity contribution in [2.75, 3.05) is 6.54 Å². The first-order valence-corrected chi connectivity index (χ1v) is 14.1. The monoisotopic (exact) mass is 540 g/mol. The van der Waals surface area contributed by atoms with E-state index in [0.29, 0.717) is 18.4 Å². The summed E-state index contributed by atoms with van der Waals surface area (Å²) in [6.45, 7) is 5.19. The minimum atomic E-state index is -3.99. The first-order valence-electron chi connectivity index (χ1n) is 12.6. The molecule has 0 aliphatic carbocycles. The molecule has 0 saturated carbocycles. The summed E-state index contributed by atoms with van der Waals surface area (Å²) in [5.74, 6) is -1.30. The standard InChI is InChI=1S/C27H32N4O6S/c1-17(2)14-21(30-27(34)24-15-19-8-4-5-9-23(19)37-24)26(33)29-20-12-11-18(3)31(16-22(20)32)38(35,36)25-10-6-7-13-28-25/h4-10,13,15,17-18,20-21H,11-12,14,16H2,1-3H3,(H,29,33)(H,30,34)/t18?,20?,21-/m0/s1. The van der Waals surface area contributed by atoms with E-state index in [1.54, 1.807) is 37.3 Å². The molecule has 1 saturated heterocycles. The molecular formula is C27H32N4O6S. The third kappa shape index (κ3) is 6.11. The number of nitrogens with zero attached hydrogens (tertiary/aromatic N) is 2. The molecule has 11 heteroatoms. The lowest BCUT2D eigenvalue weighted by Crippen LogP contribution is -2.52. The summed E-state index contributed by atoms with van der Waals surface area (Å²) in [4.78, 5) is 43.3. The van der Waals surface area contributed by atoms with Gasteiger partial charge in [0, 0.05) is 17.6 Å². The average molecular weight is 541 g/mol. The molecule has 1 aliphatic rings. The molecule has 1 aromatic carbocycles. The third-order valence-corrected chi connectivity index (χ3v) is 8.45. The molecule has 2 unspecified atom stereocenters. The Bertz CT molecular complexity index is 1390. The van der Waals surface area contributed by atoms with Gasteiger partial charge in [0.25, 0.3) is 15.9 Å². The maximum Gasteiger partial charge on any atom is 0.287 e. The van der Waals surface area contributed by atoms with Crippen LogP contribution in [0, 0.1) is 5.92 Å². The molecule has 3 atom stereocenters. The van der Waals surface area contributed by atoms with Gasteiger partial charge in [-0.05, 0) is 56.4 Å². The number of pyridine rings is 1. The lowest BCUT2D eigenvalue weighted by atomic mass is 10.0. The summed E-state index contributed by atoms with van der Waals surface area (Å²) in [6, 6.07) is 11.1. The van der Waals surface area contributed by atoms with Crippen LogP contribution >= 0.6 is 0 Å². The van der Waals surface area contributed by atoms with Crippen molar-refractivity contribution < 1.29 is 27.2 Å². The molecule has 0 radical (unpaired) electrons. The molecule has 2 N–H and O–H groups in total. The largest absolute Gasteiger partial charge is 0.451 e. The first kappa shape index (κ1) is 27.5. The van der Waals surface area contributed by atoms with Crippen LogP contribution in [0.4, 0.5) is 0 Å². The van der Waals surface area contributed by atoms with Crippen LogP contribution in [0.25, 0.3) is 11.0 Å². The van der Waals surface area contributed by atoms with Crippen molar-refractivity contribution in [3.63, 3.8) is 0 Å². The van der Waals surface area contributed by atoms with E-state index in [4.69, 9.17) is 4.42 Å². The molecular weight excluding hydrogens is 508 g/mol. The Kier molecular flexibility index (Phi) is 8.27. The van der Waals surface area contributed by atoms with Gasteiger partial charge >= 0.3 is 0 Å². The van der Waals surface area contributed by atoms with E-state index in [1.165, 1.54) is 12.3 Å². The topological polar surface area (TPSA) is 139 Å². The van der Waals surface area contributed by atoms with E-state index in [0.717, 1.165) is 9.69 Å². The highest BCUT2D eigenvalue weighted by Gasteiger charge is 2.38. The predicted molar refractivity (Wildman–Crippen MR) is 141 cm³/mol. The van der Waals surface area contributed by atoms with Crippen molar-refractivity contribution in [1.82, 2.24) is 19.9 Å². The second-order valence-corrected chi connectivity index (χ2v) is 11.8. The fourth-order valence-electron chi connectivity index (χ4n) is 4.53. The second kappa shape index (κ2) is 11.4. The van der Waals surface area contributed by atoms with Crippen LogP contribution in [0.1, 0.15) is 50.6 Å². The molecule has 0 spiro atoms. The van der Waals surface area contributed by atoms with Crippen LogP contribution in [0.5, 0.6) is 0 Å². The van der Waals surface area contributed by atoms with Crippen LogP contribution in [0.2, 0.25) is 0 Å². The molecule has 2 aromatic heterocycles. The van der Waals surface area contributed by atoms with Gasteiger partial charge < -0.3 is 15.1 Å². The van der Waals surface area contributed by atoms with Gasteiger partial charge in [-0.25, -0.2) is 13.4 Å². The van der Waals surface area contributed by atoms with E-state index in [-0.39, 0.29) is 29.7 Å². The Labute approximate surface area is 221 Å². The quantitative estimate of drug-likeness (QED) is 0.448. The predicted octanol–water partition coefficient (Wildman–Crippen LogP) is 2.90. The lowest BCUT2D eigenvalue weighted by molar-refractivity contribution is -0.129. The Morgan fingerprint density at radius 2 is 1.87 bits per heavy atom. The molecule has 38 heavy (non-hydrogen) atoms. The summed E-state index contributed by atoms with van der Waals surface area (Å²) in [5.41, 5.74) is 0.561. The van der Waals surface area contributed by atoms with Crippen molar-refractivity contribution in [1.29, 1.82) is 0 Å². The van der Waals surface area contributed by atoms with Crippen LogP contribution in [0.3, 0.4) is 0 Å². The van der Waals surface area contributed by atoms with Gasteiger partial charge in [0.1, 0.15) is 11.6 Å². The molecule has 202 valence electrons. The number of benzene rings is 1. The van der Waals surface area contributed by atoms with Crippen molar-refractivity contribution >= 4 is 38.6 Å². The van der Waals surface area contributed by atoms with Crippen molar-refractivity contribution in [3.05, 3.63) is 60.5 Å². The summed E-state index contributed by atoms with van der Waals surface area (Å²) in [5, 5.41) is 6.13. The maximum atomic E-state index is 13.3. The zero-order chi connectivity index (χ0) is 27.4. The van der Waals surface area contributed by atoms with Gasteiger partial charge in [-0.1, -0.05) is 38.1 Å². The number of fused-ring (bicyclic) bond motifs is 1. The number of carbonyl (C=O) groups excluding carboxylic acids is 3. The number of hydrogen-bond acceptors (Lipinski definition) is 7. The van der Waals surface area contributed by atoms with Crippen molar-refractivity contribution in [3.8, 4) is 0 Å². The van der Waals surface area contributed by atoms with Crippen LogP contribution in [-0.2, 0) is 19.6 Å². The molecule has 3 heterocycles. The SMILES string of the molecule is CC(C)C[C@H](NC(=O)c1cc2ccccc2o1)C(=O)NC1CCC(C)N(S(=O)(=O)c2ccccn2)CC1=O. The number of sulfonamides is 1. The fourth-order valence-corrected chi connectivity index (χ4v) is 6.09. The Morgan fingerprint density at radius 3 is 2.55 bits per heavy atom. The molecule has 0 bridgehead atoms. The average Bonchev–Trinajstić information content (AvgIpc) is 3.27. The summed E-state index contributed by atoms with van der Waals surface area (Å²) >= 11 is 0. The van der Waals surface area contributed by atoms with E-state index < -0.39 is 45.7 Å². The van der Waals surface area contributed by atoms with E-state index >= 15 is 0 Å². The van der Waals surface area contributed by atoms with Gasteiger partial charge in [0.15, 0.2) is 16.6 Å². The summed E-state index contributed by atoms with van der Waals surface area (Å²) in [7, 11) is -3.99. The molecule has 10 nitrogen and oxygen atoms in total. The van der Waals surface area contributed by atoms with Gasteiger partial charge in [0.2, 0.25) is 5.91 Å². The fraction of sp³-hybridized carbons (Fsp3) is 0.407. The van der Waals surface area contributed by atoms with E-state index in [2.05, 4.69) is 15.6 Å². The molecule has 4 rings (SSSR count). The minimum Gasteiger partial charge on any atom is -0.451 e. The smallest absolute Gasteiger partial charge is 0.287 e. The van der Waals surface area contributed by atoms with Gasteiger partial charge in [-0.15, -0.1) is 0 Å². The number of amides is 2. The van der Waals surface area contributed by atoms with Gasteiger partial charge in [0.05, 0.1) is 12.6 Å². The van der Waals surface area contributed by atoms with E-state index in [9.17, 15) is 22.8 Å². The highest BCUT2D eigenvalue weighted by molar-refractivity contribution is 7.89. The van der Waals surface area contributed by atoms with E-state index in [1.807, 2.05) is 26.0 Å². The second-order valence-electron chi connectivity index (χ2n) is 9.98. The molecule has 1 aliphatic heterocycles. The third-order valence-electron chi connectivity index (χ3n) is 6.57. The maximum absolute atomic E-state index is 13.3. The van der Waals surface area contributed by atoms with Gasteiger partial charge in [-0.2, -0.15) is 4.31 Å². The Balaban J connectivity index is 1.47. The highest BCUT2D eigenvalue weighted by Crippen LogP contribution is 2.23. The number of ketones is 1. The zero-order valence-electron chi connectivity index (χ0n) is 21.6. The molecule has 2 amide bonds. The number of para-hydroxylation sites is 1. The van der Waals surface area contributed by atoms with Crippen LogP contribution in [-0.4, -0.2) is 60.0 Å². The van der Waals surface area contributed by atoms with Crippen LogP contribution < -0.4 is 10.6 Å². The Hall–Kier alpha value is -3.57. The van der Waals surface area contributed by atoms with Crippen molar-refractivity contribution in [2.24, 2.45) is 5.92 Å². The molecule has 3 aromatic rings. The first-order chi connectivity index (χ1) is 18.1. The normalized spacial score (nSPS) is 19.7. The number of Topliss-reactive ketones (excluding diaryl/α,β-unsaturated/α-hetero) is 1. The number of carbonyl (C=O) groups is 3. The minimum absolute atomic E-state index is 0.0746. The van der Waals surface area contributed by atoms with Crippen molar-refractivity contribution in [2.45, 2.75) is 63.2 Å². The summed E-state index contributed by atoms with van der Waals surface area (Å²) < 4.78 is 33.0.